The van der Waals surface area contributed by atoms with Crippen molar-refractivity contribution in [3.05, 3.63) is 35.0 Å². The Morgan fingerprint density at radius 1 is 1.50 bits per heavy atom. The molecule has 0 aliphatic heterocycles. The van der Waals surface area contributed by atoms with Gasteiger partial charge in [-0.1, -0.05) is 11.6 Å². The van der Waals surface area contributed by atoms with Gasteiger partial charge in [0.15, 0.2) is 10.9 Å². The number of rotatable bonds is 2. The second-order valence-corrected chi connectivity index (χ2v) is 4.05. The van der Waals surface area contributed by atoms with Crippen LogP contribution in [0.15, 0.2) is 35.0 Å². The van der Waals surface area contributed by atoms with E-state index >= 15 is 0 Å². The number of nitrogens with zero attached hydrogens (tertiary/aromatic N) is 1. The van der Waals surface area contributed by atoms with Crippen molar-refractivity contribution < 1.29 is 4.79 Å². The van der Waals surface area contributed by atoms with E-state index in [4.69, 9.17) is 0 Å². The molecule has 0 aromatic carbocycles. The summed E-state index contributed by atoms with van der Waals surface area (Å²) >= 11 is 1.48. The van der Waals surface area contributed by atoms with Crippen LogP contribution in [0.3, 0.4) is 0 Å². The van der Waals surface area contributed by atoms with Gasteiger partial charge in [-0.15, -0.1) is 11.3 Å². The molecule has 2 rings (SSSR count). The Balaban J connectivity index is 2.15. The highest BCUT2D eigenvalue weighted by molar-refractivity contribution is 7.13. The summed E-state index contributed by atoms with van der Waals surface area (Å²) in [5.41, 5.74) is 1.73. The lowest BCUT2D eigenvalue weighted by atomic mass is 10.0. The molecule has 0 spiro atoms. The van der Waals surface area contributed by atoms with E-state index in [1.54, 1.807) is 6.20 Å². The molecule has 0 saturated heterocycles. The molecule has 1 aromatic rings. The summed E-state index contributed by atoms with van der Waals surface area (Å²) in [6.07, 6.45) is 5.98. The number of nitrogens with one attached hydrogen (secondary N) is 1. The molecule has 1 aliphatic rings. The topological polar surface area (TPSA) is 42.0 Å². The van der Waals surface area contributed by atoms with Gasteiger partial charge in [-0.3, -0.25) is 4.79 Å². The number of carbonyl (C=O) groups is 1. The Bertz CT molecular complexity index is 404. The standard InChI is InChI=1S/C10H10N2OS/c1-7-2-3-8(9(13)6-7)12-10-11-4-5-14-10/h2-5H,6H2,1H3,(H,11,12). The third kappa shape index (κ3) is 1.90. The summed E-state index contributed by atoms with van der Waals surface area (Å²) in [6, 6.07) is 0. The SMILES string of the molecule is CC1=CC=C(Nc2nccs2)C(=O)C1. The van der Waals surface area contributed by atoms with Crippen molar-refractivity contribution in [2.75, 3.05) is 5.32 Å². The molecular formula is C10H10N2OS. The quantitative estimate of drug-likeness (QED) is 0.807. The average Bonchev–Trinajstić information content (AvgIpc) is 2.62. The Morgan fingerprint density at radius 3 is 3.00 bits per heavy atom. The van der Waals surface area contributed by atoms with Gasteiger partial charge in [0.2, 0.25) is 0 Å². The zero-order valence-electron chi connectivity index (χ0n) is 7.78. The first kappa shape index (κ1) is 9.15. The highest BCUT2D eigenvalue weighted by Crippen LogP contribution is 2.18. The molecule has 3 nitrogen and oxygen atoms in total. The van der Waals surface area contributed by atoms with E-state index in [9.17, 15) is 4.79 Å². The van der Waals surface area contributed by atoms with Crippen LogP contribution < -0.4 is 5.32 Å². The molecule has 1 aliphatic carbocycles. The maximum absolute atomic E-state index is 11.5. The van der Waals surface area contributed by atoms with Gasteiger partial charge in [-0.25, -0.2) is 4.98 Å². The lowest BCUT2D eigenvalue weighted by Gasteiger charge is -2.11. The summed E-state index contributed by atoms with van der Waals surface area (Å²) in [6.45, 7) is 1.95. The van der Waals surface area contributed by atoms with Gasteiger partial charge in [-0.05, 0) is 13.0 Å². The van der Waals surface area contributed by atoms with Crippen molar-refractivity contribution >= 4 is 22.3 Å². The van der Waals surface area contributed by atoms with E-state index in [0.717, 1.165) is 10.7 Å². The summed E-state index contributed by atoms with van der Waals surface area (Å²) in [4.78, 5) is 15.6. The molecule has 0 saturated carbocycles. The van der Waals surface area contributed by atoms with Crippen LogP contribution in [0.2, 0.25) is 0 Å². The molecule has 14 heavy (non-hydrogen) atoms. The first-order chi connectivity index (χ1) is 6.75. The Labute approximate surface area is 86.2 Å². The van der Waals surface area contributed by atoms with Crippen molar-refractivity contribution in [3.63, 3.8) is 0 Å². The van der Waals surface area contributed by atoms with Gasteiger partial charge in [0, 0.05) is 18.0 Å². The summed E-state index contributed by atoms with van der Waals surface area (Å²) in [7, 11) is 0. The number of allylic oxidation sites excluding steroid dienone is 4. The third-order valence-corrected chi connectivity index (χ3v) is 2.64. The van der Waals surface area contributed by atoms with Gasteiger partial charge < -0.3 is 5.32 Å². The van der Waals surface area contributed by atoms with Crippen molar-refractivity contribution in [1.29, 1.82) is 0 Å². The van der Waals surface area contributed by atoms with Crippen molar-refractivity contribution in [2.24, 2.45) is 0 Å². The number of aromatic nitrogens is 1. The van der Waals surface area contributed by atoms with Crippen molar-refractivity contribution in [3.8, 4) is 0 Å². The third-order valence-electron chi connectivity index (χ3n) is 1.95. The van der Waals surface area contributed by atoms with Crippen LogP contribution in [0.1, 0.15) is 13.3 Å². The number of thiazole rings is 1. The Hall–Kier alpha value is -1.42. The van der Waals surface area contributed by atoms with Gasteiger partial charge in [0.05, 0.1) is 5.70 Å². The number of hydrogen-bond donors (Lipinski definition) is 1. The summed E-state index contributed by atoms with van der Waals surface area (Å²) < 4.78 is 0. The molecule has 0 bridgehead atoms. The van der Waals surface area contributed by atoms with Crippen LogP contribution >= 0.6 is 11.3 Å². The molecule has 1 heterocycles. The van der Waals surface area contributed by atoms with Crippen LogP contribution in [0.5, 0.6) is 0 Å². The van der Waals surface area contributed by atoms with Gasteiger partial charge in [-0.2, -0.15) is 0 Å². The fraction of sp³-hybridized carbons (Fsp3) is 0.200. The number of carbonyl (C=O) groups excluding carboxylic acids is 1. The first-order valence-electron chi connectivity index (χ1n) is 4.33. The van der Waals surface area contributed by atoms with Crippen LogP contribution in [-0.4, -0.2) is 10.8 Å². The van der Waals surface area contributed by atoms with Gasteiger partial charge >= 0.3 is 0 Å². The molecule has 0 fully saturated rings. The molecule has 0 atom stereocenters. The maximum atomic E-state index is 11.5. The molecule has 4 heteroatoms. The van der Waals surface area contributed by atoms with Gasteiger partial charge in [0.25, 0.3) is 0 Å². The molecule has 1 N–H and O–H groups in total. The van der Waals surface area contributed by atoms with Crippen LogP contribution in [0.4, 0.5) is 5.13 Å². The van der Waals surface area contributed by atoms with E-state index in [1.165, 1.54) is 11.3 Å². The van der Waals surface area contributed by atoms with Crippen LogP contribution in [0.25, 0.3) is 0 Å². The lowest BCUT2D eigenvalue weighted by molar-refractivity contribution is -0.114. The second-order valence-electron chi connectivity index (χ2n) is 3.16. The largest absolute Gasteiger partial charge is 0.329 e. The minimum absolute atomic E-state index is 0.125. The molecule has 72 valence electrons. The van der Waals surface area contributed by atoms with Crippen LogP contribution in [0, 0.1) is 0 Å². The number of Topliss-reactive ketones (excluding diaryl/α,β-unsaturated/α-hetero) is 1. The fourth-order valence-corrected chi connectivity index (χ4v) is 1.78. The Morgan fingerprint density at radius 2 is 2.36 bits per heavy atom. The van der Waals surface area contributed by atoms with Gasteiger partial charge in [0.1, 0.15) is 0 Å². The fourth-order valence-electron chi connectivity index (χ4n) is 1.24. The van der Waals surface area contributed by atoms with E-state index in [2.05, 4.69) is 10.3 Å². The number of ketones is 1. The van der Waals surface area contributed by atoms with Crippen molar-refractivity contribution in [1.82, 2.24) is 4.98 Å². The second kappa shape index (κ2) is 3.75. The van der Waals surface area contributed by atoms with Crippen molar-refractivity contribution in [2.45, 2.75) is 13.3 Å². The lowest BCUT2D eigenvalue weighted by Crippen LogP contribution is -2.13. The predicted molar refractivity (Wildman–Crippen MR) is 57.2 cm³/mol. The normalized spacial score (nSPS) is 16.2. The Kier molecular flexibility index (Phi) is 2.45. The van der Waals surface area contributed by atoms with Crippen LogP contribution in [-0.2, 0) is 4.79 Å². The predicted octanol–water partition coefficient (Wildman–Crippen LogP) is 2.36. The molecular weight excluding hydrogens is 196 g/mol. The average molecular weight is 206 g/mol. The zero-order chi connectivity index (χ0) is 9.97. The molecule has 0 radical (unpaired) electrons. The van der Waals surface area contributed by atoms with E-state index in [1.807, 2.05) is 24.5 Å². The minimum atomic E-state index is 0.125. The first-order valence-corrected chi connectivity index (χ1v) is 5.21. The zero-order valence-corrected chi connectivity index (χ0v) is 8.60. The number of anilines is 1. The minimum Gasteiger partial charge on any atom is -0.329 e. The maximum Gasteiger partial charge on any atom is 0.187 e. The summed E-state index contributed by atoms with van der Waals surface area (Å²) in [5, 5.41) is 5.64. The molecule has 0 unspecified atom stereocenters. The highest BCUT2D eigenvalue weighted by atomic mass is 32.1. The molecule has 0 amide bonds. The van der Waals surface area contributed by atoms with E-state index < -0.39 is 0 Å². The monoisotopic (exact) mass is 206 g/mol. The number of hydrogen-bond acceptors (Lipinski definition) is 4. The highest BCUT2D eigenvalue weighted by Gasteiger charge is 2.13. The smallest absolute Gasteiger partial charge is 0.187 e. The van der Waals surface area contributed by atoms with E-state index in [0.29, 0.717) is 12.1 Å². The summed E-state index contributed by atoms with van der Waals surface area (Å²) in [5.74, 6) is 0.125. The van der Waals surface area contributed by atoms with E-state index in [-0.39, 0.29) is 5.78 Å². The molecule has 1 aromatic heterocycles.